The highest BCUT2D eigenvalue weighted by molar-refractivity contribution is 5.03. The molecule has 2 unspecified atom stereocenters. The van der Waals surface area contributed by atoms with Gasteiger partial charge in [-0.25, -0.2) is 0 Å². The van der Waals surface area contributed by atoms with E-state index in [4.69, 9.17) is 14.2 Å². The number of fused-ring (bicyclic) bond motifs is 4. The standard InChI is InChI=1S/C6H8O4/c7-3-5-4(10-5)2-1-8-6(3)9-2/h2-7H,1H2/t2-,3+,4?,5?,6-/m1/s1. The maximum atomic E-state index is 9.33. The van der Waals surface area contributed by atoms with Crippen LogP contribution in [0.1, 0.15) is 0 Å². The monoisotopic (exact) mass is 144 g/mol. The van der Waals surface area contributed by atoms with Gasteiger partial charge in [0.2, 0.25) is 0 Å². The molecular weight excluding hydrogens is 136 g/mol. The maximum Gasteiger partial charge on any atom is 0.186 e. The smallest absolute Gasteiger partial charge is 0.186 e. The minimum Gasteiger partial charge on any atom is -0.385 e. The van der Waals surface area contributed by atoms with Crippen molar-refractivity contribution in [1.82, 2.24) is 0 Å². The maximum absolute atomic E-state index is 9.33. The second kappa shape index (κ2) is 1.53. The summed E-state index contributed by atoms with van der Waals surface area (Å²) in [5.74, 6) is 0. The Morgan fingerprint density at radius 1 is 1.20 bits per heavy atom. The van der Waals surface area contributed by atoms with Crippen molar-refractivity contribution >= 4 is 0 Å². The summed E-state index contributed by atoms with van der Waals surface area (Å²) >= 11 is 0. The molecule has 4 nitrogen and oxygen atoms in total. The second-order valence-electron chi connectivity index (χ2n) is 2.93. The van der Waals surface area contributed by atoms with Gasteiger partial charge in [0, 0.05) is 0 Å². The number of aliphatic hydroxyl groups excluding tert-OH is 1. The van der Waals surface area contributed by atoms with E-state index in [0.29, 0.717) is 6.61 Å². The van der Waals surface area contributed by atoms with Crippen LogP contribution in [0.25, 0.3) is 0 Å². The van der Waals surface area contributed by atoms with E-state index in [1.165, 1.54) is 0 Å². The van der Waals surface area contributed by atoms with Crippen LogP contribution in [0.2, 0.25) is 0 Å². The van der Waals surface area contributed by atoms with E-state index in [9.17, 15) is 5.11 Å². The van der Waals surface area contributed by atoms with E-state index in [2.05, 4.69) is 0 Å². The molecule has 0 aromatic heterocycles. The zero-order chi connectivity index (χ0) is 6.72. The van der Waals surface area contributed by atoms with Crippen molar-refractivity contribution in [3.63, 3.8) is 0 Å². The fourth-order valence-electron chi connectivity index (χ4n) is 1.66. The number of ether oxygens (including phenoxy) is 3. The van der Waals surface area contributed by atoms with Crippen molar-refractivity contribution in [3.05, 3.63) is 0 Å². The molecule has 4 heteroatoms. The Bertz CT molecular complexity index is 169. The fourth-order valence-corrected chi connectivity index (χ4v) is 1.66. The number of hydrogen-bond acceptors (Lipinski definition) is 4. The first-order chi connectivity index (χ1) is 4.86. The van der Waals surface area contributed by atoms with Crippen LogP contribution in [0.3, 0.4) is 0 Å². The van der Waals surface area contributed by atoms with Crippen molar-refractivity contribution < 1.29 is 19.3 Å². The van der Waals surface area contributed by atoms with Gasteiger partial charge in [-0.1, -0.05) is 0 Å². The molecule has 1 N–H and O–H groups in total. The Morgan fingerprint density at radius 2 is 2.10 bits per heavy atom. The van der Waals surface area contributed by atoms with Crippen LogP contribution < -0.4 is 0 Å². The van der Waals surface area contributed by atoms with Crippen LogP contribution >= 0.6 is 0 Å². The quantitative estimate of drug-likeness (QED) is 0.437. The normalized spacial score (nSPS) is 63.9. The van der Waals surface area contributed by atoms with Crippen LogP contribution in [0.15, 0.2) is 0 Å². The highest BCUT2D eigenvalue weighted by Crippen LogP contribution is 2.41. The Kier molecular flexibility index (Phi) is 0.840. The van der Waals surface area contributed by atoms with Gasteiger partial charge in [-0.2, -0.15) is 0 Å². The van der Waals surface area contributed by atoms with Crippen LogP contribution in [-0.4, -0.2) is 42.4 Å². The molecule has 56 valence electrons. The van der Waals surface area contributed by atoms with E-state index in [1.54, 1.807) is 0 Å². The fraction of sp³-hybridized carbons (Fsp3) is 1.00. The van der Waals surface area contributed by atoms with Gasteiger partial charge in [0.15, 0.2) is 6.29 Å². The predicted molar refractivity (Wildman–Crippen MR) is 29.3 cm³/mol. The van der Waals surface area contributed by atoms with Gasteiger partial charge in [-0.3, -0.25) is 0 Å². The summed E-state index contributed by atoms with van der Waals surface area (Å²) in [6, 6.07) is 0. The third-order valence-electron chi connectivity index (χ3n) is 2.28. The number of rotatable bonds is 0. The third kappa shape index (κ3) is 0.509. The summed E-state index contributed by atoms with van der Waals surface area (Å²) in [7, 11) is 0. The van der Waals surface area contributed by atoms with Crippen LogP contribution in [-0.2, 0) is 14.2 Å². The average molecular weight is 144 g/mol. The molecule has 3 aliphatic heterocycles. The Morgan fingerprint density at radius 3 is 3.00 bits per heavy atom. The summed E-state index contributed by atoms with van der Waals surface area (Å²) in [6.45, 7) is 0.572. The lowest BCUT2D eigenvalue weighted by atomic mass is 10.1. The molecule has 5 atom stereocenters. The molecule has 0 saturated carbocycles. The van der Waals surface area contributed by atoms with Crippen LogP contribution in [0, 0.1) is 0 Å². The van der Waals surface area contributed by atoms with Gasteiger partial charge in [0.1, 0.15) is 24.4 Å². The van der Waals surface area contributed by atoms with E-state index >= 15 is 0 Å². The van der Waals surface area contributed by atoms with Crippen LogP contribution in [0.5, 0.6) is 0 Å². The average Bonchev–Trinajstić information content (AvgIpc) is 2.61. The lowest BCUT2D eigenvalue weighted by molar-refractivity contribution is -0.143. The molecule has 0 aromatic carbocycles. The Hall–Kier alpha value is -0.160. The Labute approximate surface area is 57.7 Å². The van der Waals surface area contributed by atoms with Crippen molar-refractivity contribution in [1.29, 1.82) is 0 Å². The summed E-state index contributed by atoms with van der Waals surface area (Å²) in [5, 5.41) is 9.33. The van der Waals surface area contributed by atoms with Crippen LogP contribution in [0.4, 0.5) is 0 Å². The predicted octanol–water partition coefficient (Wildman–Crippen LogP) is -1.13. The molecule has 0 spiro atoms. The van der Waals surface area contributed by atoms with E-state index in [1.807, 2.05) is 0 Å². The molecule has 0 radical (unpaired) electrons. The molecule has 0 aromatic rings. The van der Waals surface area contributed by atoms with Gasteiger partial charge < -0.3 is 19.3 Å². The first kappa shape index (κ1) is 5.49. The minimum absolute atomic E-state index is 0.00810. The summed E-state index contributed by atoms with van der Waals surface area (Å²) < 4.78 is 15.6. The van der Waals surface area contributed by atoms with E-state index < -0.39 is 12.4 Å². The molecule has 3 saturated heterocycles. The summed E-state index contributed by atoms with van der Waals surface area (Å²) in [6.07, 6.45) is -0.809. The molecule has 10 heavy (non-hydrogen) atoms. The van der Waals surface area contributed by atoms with Crippen molar-refractivity contribution in [2.24, 2.45) is 0 Å². The largest absolute Gasteiger partial charge is 0.385 e. The van der Waals surface area contributed by atoms with E-state index in [0.717, 1.165) is 0 Å². The molecule has 3 aliphatic rings. The zero-order valence-corrected chi connectivity index (χ0v) is 5.27. The van der Waals surface area contributed by atoms with Gasteiger partial charge in [-0.05, 0) is 0 Å². The number of aliphatic hydroxyl groups is 1. The highest BCUT2D eigenvalue weighted by Gasteiger charge is 2.60. The number of hydrogen-bond donors (Lipinski definition) is 1. The van der Waals surface area contributed by atoms with Gasteiger partial charge in [-0.15, -0.1) is 0 Å². The molecular formula is C6H8O4. The third-order valence-corrected chi connectivity index (χ3v) is 2.28. The second-order valence-corrected chi connectivity index (χ2v) is 2.93. The lowest BCUT2D eigenvalue weighted by Gasteiger charge is -2.18. The molecule has 3 heterocycles. The molecule has 2 bridgehead atoms. The van der Waals surface area contributed by atoms with Crippen molar-refractivity contribution in [2.45, 2.75) is 30.7 Å². The van der Waals surface area contributed by atoms with Crippen molar-refractivity contribution in [3.8, 4) is 0 Å². The SMILES string of the molecule is O[C@H]1C2OC2[C@H]2CO[C@@H]1O2. The number of epoxide rings is 1. The summed E-state index contributed by atoms with van der Waals surface area (Å²) in [5.41, 5.74) is 0. The van der Waals surface area contributed by atoms with E-state index in [-0.39, 0.29) is 18.3 Å². The summed E-state index contributed by atoms with van der Waals surface area (Å²) in [4.78, 5) is 0. The minimum atomic E-state index is -0.566. The molecule has 3 fully saturated rings. The molecule has 3 rings (SSSR count). The zero-order valence-electron chi connectivity index (χ0n) is 5.27. The highest BCUT2D eigenvalue weighted by atomic mass is 16.8. The molecule has 0 aliphatic carbocycles. The van der Waals surface area contributed by atoms with Gasteiger partial charge in [0.25, 0.3) is 0 Å². The van der Waals surface area contributed by atoms with Gasteiger partial charge >= 0.3 is 0 Å². The topological polar surface area (TPSA) is 51.2 Å². The lowest BCUT2D eigenvalue weighted by Crippen LogP contribution is -2.39. The van der Waals surface area contributed by atoms with Crippen molar-refractivity contribution in [2.75, 3.05) is 6.61 Å². The first-order valence-electron chi connectivity index (χ1n) is 3.47. The van der Waals surface area contributed by atoms with Gasteiger partial charge in [0.05, 0.1) is 6.61 Å². The molecule has 0 amide bonds. The first-order valence-corrected chi connectivity index (χ1v) is 3.47. The Balaban J connectivity index is 1.91.